The van der Waals surface area contributed by atoms with Gasteiger partial charge in [0.1, 0.15) is 0 Å². The molecule has 0 aliphatic heterocycles. The molecule has 0 bridgehead atoms. The molecule has 4 aromatic rings. The third kappa shape index (κ3) is 3.65. The first-order valence-electron chi connectivity index (χ1n) is 8.61. The highest BCUT2D eigenvalue weighted by atomic mass is 35.5. The number of aromatic nitrogens is 2. The Balaban J connectivity index is 1.65. The minimum Gasteiger partial charge on any atom is -0.490 e. The monoisotopic (exact) mass is 424 g/mol. The lowest BCUT2D eigenvalue weighted by Crippen LogP contribution is -2.12. The zero-order valence-corrected chi connectivity index (χ0v) is 16.2. The normalized spacial score (nSPS) is 10.7. The third-order valence-corrected chi connectivity index (χ3v) is 4.59. The molecule has 10 heteroatoms. The fourth-order valence-electron chi connectivity index (χ4n) is 2.81. The number of halogens is 1. The van der Waals surface area contributed by atoms with Gasteiger partial charge in [-0.25, -0.2) is 4.98 Å². The Morgan fingerprint density at radius 3 is 2.80 bits per heavy atom. The summed E-state index contributed by atoms with van der Waals surface area (Å²) in [5.41, 5.74) is 1.62. The van der Waals surface area contributed by atoms with E-state index < -0.39 is 10.8 Å². The Morgan fingerprint density at radius 1 is 1.23 bits per heavy atom. The van der Waals surface area contributed by atoms with Crippen LogP contribution in [0, 0.1) is 10.1 Å². The van der Waals surface area contributed by atoms with Crippen LogP contribution in [0.3, 0.4) is 0 Å². The van der Waals surface area contributed by atoms with E-state index in [9.17, 15) is 14.9 Å². The van der Waals surface area contributed by atoms with Crippen molar-refractivity contribution in [3.63, 3.8) is 0 Å². The molecule has 30 heavy (non-hydrogen) atoms. The number of hydrogen-bond acceptors (Lipinski definition) is 7. The van der Waals surface area contributed by atoms with Crippen molar-refractivity contribution >= 4 is 40.1 Å². The lowest BCUT2D eigenvalue weighted by molar-refractivity contribution is -0.385. The lowest BCUT2D eigenvalue weighted by atomic mass is 10.1. The van der Waals surface area contributed by atoms with Crippen molar-refractivity contribution in [3.8, 4) is 17.2 Å². The molecule has 4 rings (SSSR count). The van der Waals surface area contributed by atoms with Gasteiger partial charge in [-0.2, -0.15) is 4.98 Å². The second kappa shape index (κ2) is 7.80. The number of pyridine rings is 1. The van der Waals surface area contributed by atoms with Crippen molar-refractivity contribution in [3.05, 3.63) is 75.4 Å². The average molecular weight is 425 g/mol. The SMILES string of the molecule is COc1ccc(C(=O)Nc2cc(-c3nc4ncccc4o3)ccc2Cl)cc1[N+](=O)[O-]. The van der Waals surface area contributed by atoms with E-state index in [1.54, 1.807) is 36.5 Å². The molecule has 2 aromatic heterocycles. The van der Waals surface area contributed by atoms with Gasteiger partial charge < -0.3 is 14.5 Å². The van der Waals surface area contributed by atoms with Gasteiger partial charge in [-0.05, 0) is 42.5 Å². The largest absolute Gasteiger partial charge is 0.490 e. The predicted molar refractivity (Wildman–Crippen MR) is 110 cm³/mol. The summed E-state index contributed by atoms with van der Waals surface area (Å²) in [6, 6.07) is 12.3. The number of anilines is 1. The van der Waals surface area contributed by atoms with E-state index in [1.165, 1.54) is 19.2 Å². The van der Waals surface area contributed by atoms with Crippen molar-refractivity contribution < 1.29 is 18.9 Å². The van der Waals surface area contributed by atoms with Crippen LogP contribution >= 0.6 is 11.6 Å². The molecule has 2 heterocycles. The number of nitro benzene ring substituents is 1. The van der Waals surface area contributed by atoms with Crippen molar-refractivity contribution in [2.75, 3.05) is 12.4 Å². The van der Waals surface area contributed by atoms with Crippen LogP contribution < -0.4 is 10.1 Å². The highest BCUT2D eigenvalue weighted by molar-refractivity contribution is 6.34. The molecule has 0 aliphatic rings. The van der Waals surface area contributed by atoms with Crippen LogP contribution in [0.4, 0.5) is 11.4 Å². The lowest BCUT2D eigenvalue weighted by Gasteiger charge is -2.09. The van der Waals surface area contributed by atoms with Gasteiger partial charge in [0, 0.05) is 23.4 Å². The van der Waals surface area contributed by atoms with Gasteiger partial charge in [0.05, 0.1) is 22.7 Å². The Kier molecular flexibility index (Phi) is 5.03. The Morgan fingerprint density at radius 2 is 2.07 bits per heavy atom. The van der Waals surface area contributed by atoms with Crippen LogP contribution in [0.5, 0.6) is 5.75 Å². The van der Waals surface area contributed by atoms with Crippen LogP contribution in [0.25, 0.3) is 22.7 Å². The third-order valence-electron chi connectivity index (χ3n) is 4.26. The fourth-order valence-corrected chi connectivity index (χ4v) is 2.98. The number of methoxy groups -OCH3 is 1. The second-order valence-corrected chi connectivity index (χ2v) is 6.54. The molecule has 0 aliphatic carbocycles. The van der Waals surface area contributed by atoms with E-state index >= 15 is 0 Å². The van der Waals surface area contributed by atoms with Gasteiger partial charge in [-0.1, -0.05) is 11.6 Å². The maximum absolute atomic E-state index is 12.6. The number of amides is 1. The Hall–Kier alpha value is -3.98. The fraction of sp³-hybridized carbons (Fsp3) is 0.0500. The number of benzene rings is 2. The number of nitrogens with zero attached hydrogens (tertiary/aromatic N) is 3. The second-order valence-electron chi connectivity index (χ2n) is 6.14. The van der Waals surface area contributed by atoms with Gasteiger partial charge >= 0.3 is 5.69 Å². The highest BCUT2D eigenvalue weighted by Crippen LogP contribution is 2.31. The van der Waals surface area contributed by atoms with Crippen molar-refractivity contribution in [1.82, 2.24) is 9.97 Å². The number of hydrogen-bond donors (Lipinski definition) is 1. The minimum atomic E-state index is -0.621. The topological polar surface area (TPSA) is 120 Å². The molecular weight excluding hydrogens is 412 g/mol. The summed E-state index contributed by atoms with van der Waals surface area (Å²) < 4.78 is 10.6. The van der Waals surface area contributed by atoms with Gasteiger partial charge in [-0.3, -0.25) is 14.9 Å². The first-order chi connectivity index (χ1) is 14.5. The van der Waals surface area contributed by atoms with E-state index in [4.69, 9.17) is 20.8 Å². The van der Waals surface area contributed by atoms with E-state index in [0.717, 1.165) is 6.07 Å². The van der Waals surface area contributed by atoms with Crippen LogP contribution in [-0.2, 0) is 0 Å². The van der Waals surface area contributed by atoms with Crippen molar-refractivity contribution in [1.29, 1.82) is 0 Å². The zero-order valence-electron chi connectivity index (χ0n) is 15.5. The van der Waals surface area contributed by atoms with Gasteiger partial charge in [0.2, 0.25) is 5.89 Å². The summed E-state index contributed by atoms with van der Waals surface area (Å²) in [6.45, 7) is 0. The first-order valence-corrected chi connectivity index (χ1v) is 8.99. The molecule has 0 saturated carbocycles. The highest BCUT2D eigenvalue weighted by Gasteiger charge is 2.19. The zero-order chi connectivity index (χ0) is 21.3. The number of oxazole rings is 1. The molecule has 1 N–H and O–H groups in total. The number of rotatable bonds is 5. The van der Waals surface area contributed by atoms with Crippen LogP contribution in [0.2, 0.25) is 5.02 Å². The van der Waals surface area contributed by atoms with E-state index in [-0.39, 0.29) is 22.0 Å². The van der Waals surface area contributed by atoms with E-state index in [1.807, 2.05) is 0 Å². The summed E-state index contributed by atoms with van der Waals surface area (Å²) in [7, 11) is 1.31. The molecule has 150 valence electrons. The summed E-state index contributed by atoms with van der Waals surface area (Å²) in [4.78, 5) is 31.7. The number of ether oxygens (including phenoxy) is 1. The number of nitrogens with one attached hydrogen (secondary N) is 1. The van der Waals surface area contributed by atoms with Crippen molar-refractivity contribution in [2.45, 2.75) is 0 Å². The summed E-state index contributed by atoms with van der Waals surface area (Å²) in [5.74, 6) is -0.198. The molecule has 0 spiro atoms. The van der Waals surface area contributed by atoms with E-state index in [2.05, 4.69) is 15.3 Å². The number of fused-ring (bicyclic) bond motifs is 1. The molecule has 0 atom stereocenters. The molecule has 2 aromatic carbocycles. The molecule has 1 amide bonds. The Bertz CT molecular complexity index is 1250. The minimum absolute atomic E-state index is 0.0566. The van der Waals surface area contributed by atoms with Gasteiger partial charge in [-0.15, -0.1) is 0 Å². The summed E-state index contributed by atoms with van der Waals surface area (Å²) >= 11 is 6.22. The predicted octanol–water partition coefficient (Wildman–Crippen LogP) is 4.71. The smallest absolute Gasteiger partial charge is 0.311 e. The molecule has 0 radical (unpaired) electrons. The Labute approximate surface area is 174 Å². The molecule has 9 nitrogen and oxygen atoms in total. The van der Waals surface area contributed by atoms with Crippen LogP contribution in [0.15, 0.2) is 59.1 Å². The number of carbonyl (C=O) groups excluding carboxylic acids is 1. The standard InChI is InChI=1S/C20H13ClN4O5/c1-29-16-7-5-11(10-15(16)25(27)28)19(26)23-14-9-12(4-6-13(14)21)20-24-18-17(30-20)3-2-8-22-18/h2-10H,1H3,(H,23,26). The molecule has 0 unspecified atom stereocenters. The van der Waals surface area contributed by atoms with Gasteiger partial charge in [0.15, 0.2) is 17.0 Å². The maximum Gasteiger partial charge on any atom is 0.311 e. The molecule has 0 fully saturated rings. The van der Waals surface area contributed by atoms with Crippen LogP contribution in [0.1, 0.15) is 10.4 Å². The quantitative estimate of drug-likeness (QED) is 0.363. The number of nitro groups is 1. The van der Waals surface area contributed by atoms with E-state index in [0.29, 0.717) is 28.4 Å². The molecule has 0 saturated heterocycles. The first kappa shape index (κ1) is 19.3. The van der Waals surface area contributed by atoms with Gasteiger partial charge in [0.25, 0.3) is 5.91 Å². The van der Waals surface area contributed by atoms with Crippen LogP contribution in [-0.4, -0.2) is 27.9 Å². The average Bonchev–Trinajstić information content (AvgIpc) is 3.19. The maximum atomic E-state index is 12.6. The summed E-state index contributed by atoms with van der Waals surface area (Å²) in [6.07, 6.45) is 1.61. The molecular formula is C20H13ClN4O5. The van der Waals surface area contributed by atoms with Crippen molar-refractivity contribution in [2.24, 2.45) is 0 Å². The number of carbonyl (C=O) groups is 1. The summed E-state index contributed by atoms with van der Waals surface area (Å²) in [5, 5.41) is 14.1.